The highest BCUT2D eigenvalue weighted by Crippen LogP contribution is 2.27. The second kappa shape index (κ2) is 5.67. The van der Waals surface area contributed by atoms with Crippen LogP contribution in [0.1, 0.15) is 38.4 Å². The van der Waals surface area contributed by atoms with E-state index in [-0.39, 0.29) is 5.69 Å². The highest BCUT2D eigenvalue weighted by molar-refractivity contribution is 5.35. The Hall–Kier alpha value is -1.46. The Morgan fingerprint density at radius 3 is 2.63 bits per heavy atom. The van der Waals surface area contributed by atoms with Crippen molar-refractivity contribution in [2.24, 2.45) is 0 Å². The summed E-state index contributed by atoms with van der Waals surface area (Å²) in [4.78, 5) is 12.6. The van der Waals surface area contributed by atoms with Crippen molar-refractivity contribution in [1.82, 2.24) is 4.90 Å². The lowest BCUT2D eigenvalue weighted by Gasteiger charge is -2.28. The molecule has 0 saturated carbocycles. The summed E-state index contributed by atoms with van der Waals surface area (Å²) in [5.41, 5.74) is 0.638. The number of nitro groups is 1. The van der Waals surface area contributed by atoms with Crippen LogP contribution in [0.2, 0.25) is 0 Å². The molecule has 5 nitrogen and oxygen atoms in total. The van der Waals surface area contributed by atoms with Gasteiger partial charge in [0.05, 0.1) is 11.0 Å². The van der Waals surface area contributed by atoms with Crippen LogP contribution in [0.5, 0.6) is 0 Å². The molecule has 3 atom stereocenters. The summed E-state index contributed by atoms with van der Waals surface area (Å²) in [6.07, 6.45) is 1.61. The average molecular weight is 264 g/mol. The number of hydrogen-bond acceptors (Lipinski definition) is 4. The second-order valence-corrected chi connectivity index (χ2v) is 5.34. The van der Waals surface area contributed by atoms with Crippen molar-refractivity contribution in [3.63, 3.8) is 0 Å². The third kappa shape index (κ3) is 3.11. The Kier molecular flexibility index (Phi) is 4.17. The summed E-state index contributed by atoms with van der Waals surface area (Å²) in [7, 11) is 0. The van der Waals surface area contributed by atoms with E-state index in [4.69, 9.17) is 0 Å². The molecule has 19 heavy (non-hydrogen) atoms. The van der Waals surface area contributed by atoms with Gasteiger partial charge in [0.15, 0.2) is 0 Å². The van der Waals surface area contributed by atoms with Gasteiger partial charge in [0.2, 0.25) is 0 Å². The normalized spacial score (nSPS) is 25.4. The molecule has 0 amide bonds. The van der Waals surface area contributed by atoms with E-state index in [1.165, 1.54) is 12.1 Å². The molecule has 0 radical (unpaired) electrons. The van der Waals surface area contributed by atoms with Gasteiger partial charge in [-0.2, -0.15) is 0 Å². The van der Waals surface area contributed by atoms with E-state index in [9.17, 15) is 15.2 Å². The fraction of sp³-hybridized carbons (Fsp3) is 0.571. The number of nitrogens with zero attached hydrogens (tertiary/aromatic N) is 2. The van der Waals surface area contributed by atoms with Crippen LogP contribution in [0.25, 0.3) is 0 Å². The summed E-state index contributed by atoms with van der Waals surface area (Å²) in [5, 5.41) is 21.0. The first-order valence-corrected chi connectivity index (χ1v) is 6.67. The zero-order chi connectivity index (χ0) is 14.0. The van der Waals surface area contributed by atoms with Gasteiger partial charge >= 0.3 is 0 Å². The van der Waals surface area contributed by atoms with Crippen LogP contribution in [0.4, 0.5) is 5.69 Å². The van der Waals surface area contributed by atoms with Crippen molar-refractivity contribution < 1.29 is 10.0 Å². The molecule has 0 aromatic heterocycles. The maximum absolute atomic E-state index is 10.7. The Labute approximate surface area is 113 Å². The third-order valence-corrected chi connectivity index (χ3v) is 3.98. The maximum Gasteiger partial charge on any atom is 0.269 e. The zero-order valence-corrected chi connectivity index (χ0v) is 11.3. The summed E-state index contributed by atoms with van der Waals surface area (Å²) in [6.45, 7) is 4.84. The van der Waals surface area contributed by atoms with Gasteiger partial charge in [0.25, 0.3) is 5.69 Å². The molecule has 1 aromatic carbocycles. The monoisotopic (exact) mass is 264 g/mol. The van der Waals surface area contributed by atoms with Gasteiger partial charge in [-0.25, -0.2) is 0 Å². The van der Waals surface area contributed by atoms with E-state index in [2.05, 4.69) is 18.7 Å². The van der Waals surface area contributed by atoms with E-state index in [0.29, 0.717) is 24.2 Å². The summed E-state index contributed by atoms with van der Waals surface area (Å²) < 4.78 is 0. The maximum atomic E-state index is 10.7. The molecule has 0 aliphatic carbocycles. The van der Waals surface area contributed by atoms with Gasteiger partial charge in [0.1, 0.15) is 0 Å². The molecule has 0 spiro atoms. The summed E-state index contributed by atoms with van der Waals surface area (Å²) in [6, 6.07) is 7.18. The lowest BCUT2D eigenvalue weighted by Crippen LogP contribution is -2.36. The van der Waals surface area contributed by atoms with Crippen molar-refractivity contribution in [2.75, 3.05) is 6.54 Å². The molecule has 0 bridgehead atoms. The predicted octanol–water partition coefficient (Wildman–Crippen LogP) is 2.50. The molecule has 1 heterocycles. The number of β-amino-alcohol motifs (C(OH)–C–C–N with tert-alkyl or cyclic N) is 1. The molecule has 1 N–H and O–H groups in total. The summed E-state index contributed by atoms with van der Waals surface area (Å²) in [5.74, 6) is 0. The molecule has 1 fully saturated rings. The van der Waals surface area contributed by atoms with Crippen LogP contribution in [0, 0.1) is 10.1 Å². The number of hydrogen-bond donors (Lipinski definition) is 1. The number of non-ortho nitro benzene ring substituents is 1. The van der Waals surface area contributed by atoms with Crippen molar-refractivity contribution in [1.29, 1.82) is 0 Å². The van der Waals surface area contributed by atoms with Crippen LogP contribution >= 0.6 is 0 Å². The molecule has 5 heteroatoms. The molecule has 1 aromatic rings. The standard InChI is InChI=1S/C14H20N2O3/c1-10-6-7-11(2)15(10)9-14(17)12-4-3-5-13(8-12)16(18)19/h3-5,8,10-11,14,17H,6-7,9H2,1-2H3. The van der Waals surface area contributed by atoms with Crippen LogP contribution in [0.3, 0.4) is 0 Å². The number of aliphatic hydroxyl groups is 1. The smallest absolute Gasteiger partial charge is 0.269 e. The number of nitro benzene ring substituents is 1. The molecule has 1 saturated heterocycles. The molecule has 1 aliphatic rings. The van der Waals surface area contributed by atoms with Crippen molar-refractivity contribution in [3.8, 4) is 0 Å². The topological polar surface area (TPSA) is 66.6 Å². The van der Waals surface area contributed by atoms with Crippen LogP contribution < -0.4 is 0 Å². The summed E-state index contributed by atoms with van der Waals surface area (Å²) >= 11 is 0. The van der Waals surface area contributed by atoms with Crippen LogP contribution in [-0.4, -0.2) is 33.6 Å². The zero-order valence-electron chi connectivity index (χ0n) is 11.3. The van der Waals surface area contributed by atoms with Gasteiger partial charge in [-0.15, -0.1) is 0 Å². The van der Waals surface area contributed by atoms with Gasteiger partial charge < -0.3 is 5.11 Å². The van der Waals surface area contributed by atoms with Gasteiger partial charge in [-0.05, 0) is 32.3 Å². The van der Waals surface area contributed by atoms with Gasteiger partial charge in [0, 0.05) is 30.8 Å². The van der Waals surface area contributed by atoms with Gasteiger partial charge in [-0.1, -0.05) is 12.1 Å². The number of benzene rings is 1. The number of aliphatic hydroxyl groups excluding tert-OH is 1. The first-order chi connectivity index (χ1) is 8.99. The molecule has 104 valence electrons. The number of rotatable bonds is 4. The first-order valence-electron chi connectivity index (χ1n) is 6.67. The third-order valence-electron chi connectivity index (χ3n) is 3.98. The van der Waals surface area contributed by atoms with Gasteiger partial charge in [-0.3, -0.25) is 15.0 Å². The molecular weight excluding hydrogens is 244 g/mol. The van der Waals surface area contributed by atoms with Crippen molar-refractivity contribution in [3.05, 3.63) is 39.9 Å². The Morgan fingerprint density at radius 1 is 1.42 bits per heavy atom. The largest absolute Gasteiger partial charge is 0.387 e. The van der Waals surface area contributed by atoms with Crippen molar-refractivity contribution in [2.45, 2.75) is 44.9 Å². The fourth-order valence-corrected chi connectivity index (χ4v) is 2.76. The SMILES string of the molecule is CC1CCC(C)N1CC(O)c1cccc([N+](=O)[O-])c1. The van der Waals surface area contributed by atoms with E-state index in [1.807, 2.05) is 0 Å². The van der Waals surface area contributed by atoms with Crippen LogP contribution in [0.15, 0.2) is 24.3 Å². The first kappa shape index (κ1) is 14.0. The van der Waals surface area contributed by atoms with E-state index in [0.717, 1.165) is 12.8 Å². The minimum Gasteiger partial charge on any atom is -0.387 e. The predicted molar refractivity (Wildman–Crippen MR) is 72.9 cm³/mol. The Balaban J connectivity index is 2.09. The molecule has 2 rings (SSSR count). The minimum absolute atomic E-state index is 0.0269. The van der Waals surface area contributed by atoms with E-state index in [1.54, 1.807) is 12.1 Å². The highest BCUT2D eigenvalue weighted by atomic mass is 16.6. The van der Waals surface area contributed by atoms with E-state index >= 15 is 0 Å². The Bertz CT molecular complexity index is 454. The minimum atomic E-state index is -0.678. The molecule has 1 aliphatic heterocycles. The quantitative estimate of drug-likeness (QED) is 0.670. The Morgan fingerprint density at radius 2 is 2.05 bits per heavy atom. The second-order valence-electron chi connectivity index (χ2n) is 5.34. The average Bonchev–Trinajstić information content (AvgIpc) is 2.70. The lowest BCUT2D eigenvalue weighted by atomic mass is 10.1. The highest BCUT2D eigenvalue weighted by Gasteiger charge is 2.29. The molecule has 3 unspecified atom stereocenters. The number of likely N-dealkylation sites (tertiary alicyclic amines) is 1. The fourth-order valence-electron chi connectivity index (χ4n) is 2.76. The lowest BCUT2D eigenvalue weighted by molar-refractivity contribution is -0.385. The van der Waals surface area contributed by atoms with E-state index < -0.39 is 11.0 Å². The molecular formula is C14H20N2O3. The van der Waals surface area contributed by atoms with Crippen LogP contribution in [-0.2, 0) is 0 Å². The van der Waals surface area contributed by atoms with Crippen molar-refractivity contribution >= 4 is 5.69 Å².